The Labute approximate surface area is 396 Å². The minimum Gasteiger partial charge on any atom is -0.455 e. The number of carbonyl (C=O) groups is 2. The number of benzene rings is 3. The molecule has 0 spiro atoms. The number of nitro benzene ring substituents is 1. The normalized spacial score (nSPS) is 17.9. The van der Waals surface area contributed by atoms with E-state index in [-0.39, 0.29) is 40.3 Å². The van der Waals surface area contributed by atoms with Crippen LogP contribution in [0.5, 0.6) is 11.5 Å². The summed E-state index contributed by atoms with van der Waals surface area (Å²) in [6.45, 7) is 11.3. The molecule has 2 saturated heterocycles. The Morgan fingerprint density at radius 3 is 2.45 bits per heavy atom. The molecule has 2 amide bonds. The van der Waals surface area contributed by atoms with Crippen molar-refractivity contribution in [1.29, 1.82) is 0 Å². The van der Waals surface area contributed by atoms with Crippen LogP contribution in [0.3, 0.4) is 0 Å². The van der Waals surface area contributed by atoms with Crippen LogP contribution in [0.25, 0.3) is 16.6 Å². The topological polar surface area (TPSA) is 201 Å². The number of nitro groups is 1. The van der Waals surface area contributed by atoms with Crippen LogP contribution in [0.4, 0.5) is 11.4 Å². The number of H-pyrrole nitrogens is 1. The molecule has 19 heteroatoms. The smallest absolute Gasteiger partial charge is 0.273 e. The molecule has 0 unspecified atom stereocenters. The lowest BCUT2D eigenvalue weighted by Crippen LogP contribution is -2.47. The number of halogens is 1. The van der Waals surface area contributed by atoms with Crippen LogP contribution in [-0.4, -0.2) is 113 Å². The Hall–Kier alpha value is -5.66. The SMILES string of the molecule is CC(=O)N=S1(=O)CCN(CCCc2ccc(S(=O)(=O)NC(=O)c3ccc(N4CCN(CC5=C(c6ccc(Cl)cc6)CC(C)(C)CC5)CC4)cc3Oc3cnc4[nH]ccc4c3)cc2[N+](=O)[O-])CC1. The number of ether oxygens (including phenoxy) is 1. The van der Waals surface area contributed by atoms with E-state index in [0.717, 1.165) is 61.1 Å². The van der Waals surface area contributed by atoms with Crippen molar-refractivity contribution in [2.45, 2.75) is 57.8 Å². The number of hydrogen-bond acceptors (Lipinski definition) is 12. The molecule has 0 bridgehead atoms. The summed E-state index contributed by atoms with van der Waals surface area (Å²) in [5.74, 6) is -0.449. The second kappa shape index (κ2) is 19.9. The minimum absolute atomic E-state index is 0.0587. The van der Waals surface area contributed by atoms with Crippen LogP contribution in [-0.2, 0) is 31.0 Å². The maximum atomic E-state index is 14.0. The Balaban J connectivity index is 0.966. The molecule has 8 rings (SSSR count). The molecular weight excluding hydrogens is 916 g/mol. The maximum Gasteiger partial charge on any atom is 0.273 e. The number of rotatable bonds is 14. The predicted octanol–water partition coefficient (Wildman–Crippen LogP) is 8.08. The first-order chi connectivity index (χ1) is 31.9. The number of hydrogen-bond donors (Lipinski definition) is 2. The number of allylic oxidation sites excluding steroid dienone is 1. The first-order valence-corrected chi connectivity index (χ1v) is 26.1. The van der Waals surface area contributed by atoms with Gasteiger partial charge in [-0.25, -0.2) is 22.3 Å². The predicted molar refractivity (Wildman–Crippen MR) is 261 cm³/mol. The fourth-order valence-electron chi connectivity index (χ4n) is 9.11. The Morgan fingerprint density at radius 2 is 1.73 bits per heavy atom. The van der Waals surface area contributed by atoms with Gasteiger partial charge in [-0.05, 0) is 97.7 Å². The summed E-state index contributed by atoms with van der Waals surface area (Å²) in [4.78, 5) is 50.7. The van der Waals surface area contributed by atoms with E-state index < -0.39 is 41.4 Å². The molecule has 2 N–H and O–H groups in total. The molecule has 16 nitrogen and oxygen atoms in total. The standard InChI is InChI=1S/C48H55ClN8O8S2/c1-33(58)52-66(62)25-23-54(24-26-66)18-4-5-35-8-12-41(29-44(35)57(60)61)67(63,64)53-47(59)42-13-11-39(28-45(42)65-40-27-36-15-17-50-46(36)51-31-40)56-21-19-55(20-22-56)32-37-14-16-48(2,3)30-43(37)34-6-9-38(49)10-7-34/h6-13,15,17,27-29,31H,4-5,14,16,18-26,30,32H2,1-3H3,(H,50,51)(H,53,59). The molecule has 3 aromatic carbocycles. The lowest BCUT2D eigenvalue weighted by molar-refractivity contribution is -0.385. The Morgan fingerprint density at radius 1 is 0.985 bits per heavy atom. The second-order valence-corrected chi connectivity index (χ2v) is 22.9. The van der Waals surface area contributed by atoms with Crippen LogP contribution >= 0.6 is 11.6 Å². The van der Waals surface area contributed by atoms with Gasteiger partial charge in [-0.3, -0.25) is 24.6 Å². The van der Waals surface area contributed by atoms with Crippen molar-refractivity contribution in [3.63, 3.8) is 0 Å². The third kappa shape index (κ3) is 11.7. The van der Waals surface area contributed by atoms with Crippen molar-refractivity contribution in [2.75, 3.05) is 68.8 Å². The van der Waals surface area contributed by atoms with Crippen LogP contribution in [0, 0.1) is 15.5 Å². The third-order valence-corrected chi connectivity index (χ3v) is 16.6. The van der Waals surface area contributed by atoms with Crippen molar-refractivity contribution in [2.24, 2.45) is 9.78 Å². The largest absolute Gasteiger partial charge is 0.455 e. The molecule has 0 radical (unpaired) electrons. The fraction of sp³-hybridized carbons (Fsp3) is 0.396. The van der Waals surface area contributed by atoms with Gasteiger partial charge in [-0.1, -0.05) is 49.2 Å². The summed E-state index contributed by atoms with van der Waals surface area (Å²) in [5, 5.41) is 13.7. The van der Waals surface area contributed by atoms with E-state index >= 15 is 0 Å². The first kappa shape index (κ1) is 47.8. The van der Waals surface area contributed by atoms with Gasteiger partial charge < -0.3 is 19.5 Å². The Kier molecular flexibility index (Phi) is 14.2. The van der Waals surface area contributed by atoms with E-state index in [1.807, 2.05) is 18.2 Å². The highest BCUT2D eigenvalue weighted by Gasteiger charge is 2.31. The molecule has 2 aromatic heterocycles. The number of nitrogens with zero attached hydrogens (tertiary/aromatic N) is 6. The number of aromatic nitrogens is 2. The fourth-order valence-corrected chi connectivity index (χ4v) is 12.2. The van der Waals surface area contributed by atoms with Crippen molar-refractivity contribution in [3.05, 3.63) is 123 Å². The lowest BCUT2D eigenvalue weighted by Gasteiger charge is -2.39. The van der Waals surface area contributed by atoms with Gasteiger partial charge in [0.25, 0.3) is 27.5 Å². The highest BCUT2D eigenvalue weighted by Crippen LogP contribution is 2.43. The Bertz CT molecular complexity index is 2960. The van der Waals surface area contributed by atoms with Gasteiger partial charge in [0.2, 0.25) is 0 Å². The number of piperazine rings is 1. The number of fused-ring (bicyclic) bond motifs is 1. The summed E-state index contributed by atoms with van der Waals surface area (Å²) in [5.41, 5.74) is 5.61. The highest BCUT2D eigenvalue weighted by atomic mass is 35.5. The molecule has 2 aliphatic heterocycles. The number of nitrogens with one attached hydrogen (secondary N) is 2. The van der Waals surface area contributed by atoms with Crippen LogP contribution in [0.2, 0.25) is 5.02 Å². The number of pyridine rings is 1. The molecule has 0 atom stereocenters. The van der Waals surface area contributed by atoms with Gasteiger partial charge in [-0.2, -0.15) is 4.36 Å². The number of aromatic amines is 1. The quantitative estimate of drug-likeness (QED) is 0.0802. The summed E-state index contributed by atoms with van der Waals surface area (Å²) >= 11 is 6.24. The number of aryl methyl sites for hydroxylation is 1. The highest BCUT2D eigenvalue weighted by molar-refractivity contribution is 7.94. The number of anilines is 1. The zero-order valence-corrected chi connectivity index (χ0v) is 40.2. The molecule has 354 valence electrons. The second-order valence-electron chi connectivity index (χ2n) is 18.3. The van der Waals surface area contributed by atoms with Gasteiger partial charge in [0.1, 0.15) is 17.1 Å². The van der Waals surface area contributed by atoms with E-state index in [1.54, 1.807) is 24.4 Å². The summed E-state index contributed by atoms with van der Waals surface area (Å²) in [7, 11) is -7.17. The zero-order chi connectivity index (χ0) is 47.5. The van der Waals surface area contributed by atoms with Crippen molar-refractivity contribution >= 4 is 71.1 Å². The summed E-state index contributed by atoms with van der Waals surface area (Å²) < 4.78 is 52.6. The number of amides is 2. The minimum atomic E-state index is -4.60. The maximum absolute atomic E-state index is 14.0. The van der Waals surface area contributed by atoms with Crippen molar-refractivity contribution in [3.8, 4) is 11.5 Å². The molecule has 1 aliphatic carbocycles. The van der Waals surface area contributed by atoms with Gasteiger partial charge >= 0.3 is 0 Å². The van der Waals surface area contributed by atoms with Crippen molar-refractivity contribution in [1.82, 2.24) is 24.5 Å². The summed E-state index contributed by atoms with van der Waals surface area (Å²) in [6, 6.07) is 20.4. The van der Waals surface area contributed by atoms with E-state index in [9.17, 15) is 32.3 Å². The molecule has 67 heavy (non-hydrogen) atoms. The number of carbonyl (C=O) groups excluding carboxylic acids is 2. The molecular formula is C48H55ClN8O8S2. The molecule has 4 heterocycles. The lowest BCUT2D eigenvalue weighted by atomic mass is 9.72. The molecule has 5 aromatic rings. The molecule has 2 fully saturated rings. The molecule has 3 aliphatic rings. The number of sulfonamides is 1. The van der Waals surface area contributed by atoms with Gasteiger partial charge in [-0.15, -0.1) is 0 Å². The average Bonchev–Trinajstić information content (AvgIpc) is 3.76. The van der Waals surface area contributed by atoms with Crippen LogP contribution in [0.15, 0.2) is 100 Å². The van der Waals surface area contributed by atoms with Gasteiger partial charge in [0.05, 0.1) is 31.3 Å². The van der Waals surface area contributed by atoms with E-state index in [4.69, 9.17) is 16.3 Å². The van der Waals surface area contributed by atoms with Gasteiger partial charge in [0.15, 0.2) is 0 Å². The van der Waals surface area contributed by atoms with E-state index in [0.29, 0.717) is 56.1 Å². The third-order valence-electron chi connectivity index (χ3n) is 12.8. The molecule has 0 saturated carbocycles. The van der Waals surface area contributed by atoms with Crippen LogP contribution in [0.1, 0.15) is 67.9 Å². The van der Waals surface area contributed by atoms with Gasteiger partial charge in [0, 0.05) is 104 Å². The van der Waals surface area contributed by atoms with E-state index in [1.165, 1.54) is 48.0 Å². The monoisotopic (exact) mass is 970 g/mol. The van der Waals surface area contributed by atoms with Crippen molar-refractivity contribution < 1.29 is 31.9 Å². The first-order valence-electron chi connectivity index (χ1n) is 22.4. The zero-order valence-electron chi connectivity index (χ0n) is 37.8. The average molecular weight is 972 g/mol. The summed E-state index contributed by atoms with van der Waals surface area (Å²) in [6.07, 6.45) is 7.21. The van der Waals surface area contributed by atoms with E-state index in [2.05, 4.69) is 59.7 Å². The van der Waals surface area contributed by atoms with Crippen LogP contribution < -0.4 is 14.4 Å².